The molecule has 17 heavy (non-hydrogen) atoms. The van der Waals surface area contributed by atoms with E-state index >= 15 is 0 Å². The largest absolute Gasteiger partial charge is 0.455 e. The standard InChI is InChI=1S/C11H17N3O3/c1-11(16)4-5-14(7-11)6-8-2-3-9(17-8)10(15)13-12/h2-3,16H,4-7,12H2,1H3,(H,13,15). The lowest BCUT2D eigenvalue weighted by Crippen LogP contribution is -2.30. The number of nitrogens with one attached hydrogen (secondary N) is 1. The molecule has 1 fully saturated rings. The van der Waals surface area contributed by atoms with Crippen LogP contribution in [0.1, 0.15) is 29.7 Å². The van der Waals surface area contributed by atoms with Gasteiger partial charge in [-0.25, -0.2) is 5.84 Å². The molecule has 1 amide bonds. The van der Waals surface area contributed by atoms with Gasteiger partial charge in [0.15, 0.2) is 5.76 Å². The van der Waals surface area contributed by atoms with Crippen molar-refractivity contribution in [3.05, 3.63) is 23.7 Å². The third-order valence-corrected chi connectivity index (χ3v) is 2.93. The fraction of sp³-hybridized carbons (Fsp3) is 0.545. The maximum atomic E-state index is 11.2. The second-order valence-electron chi connectivity index (χ2n) is 4.70. The molecule has 6 heteroatoms. The van der Waals surface area contributed by atoms with Crippen LogP contribution in [0.25, 0.3) is 0 Å². The van der Waals surface area contributed by atoms with Crippen LogP contribution in [0.2, 0.25) is 0 Å². The molecule has 1 unspecified atom stereocenters. The Hall–Kier alpha value is -1.37. The summed E-state index contributed by atoms with van der Waals surface area (Å²) < 4.78 is 5.35. The van der Waals surface area contributed by atoms with Gasteiger partial charge in [0.25, 0.3) is 0 Å². The molecule has 0 aromatic carbocycles. The summed E-state index contributed by atoms with van der Waals surface area (Å²) in [5.41, 5.74) is 1.39. The second kappa shape index (κ2) is 4.48. The Balaban J connectivity index is 1.96. The summed E-state index contributed by atoms with van der Waals surface area (Å²) in [7, 11) is 0. The number of rotatable bonds is 3. The Bertz CT molecular complexity index is 414. The van der Waals surface area contributed by atoms with E-state index in [9.17, 15) is 9.90 Å². The minimum Gasteiger partial charge on any atom is -0.455 e. The number of hydrogen-bond acceptors (Lipinski definition) is 5. The smallest absolute Gasteiger partial charge is 0.300 e. The van der Waals surface area contributed by atoms with E-state index in [-0.39, 0.29) is 5.76 Å². The predicted molar refractivity (Wildman–Crippen MR) is 60.9 cm³/mol. The van der Waals surface area contributed by atoms with E-state index in [2.05, 4.69) is 4.90 Å². The average Bonchev–Trinajstić information content (AvgIpc) is 2.85. The predicted octanol–water partition coefficient (Wildman–Crippen LogP) is -0.160. The number of carbonyl (C=O) groups excluding carboxylic acids is 1. The van der Waals surface area contributed by atoms with E-state index in [1.807, 2.05) is 12.3 Å². The molecule has 94 valence electrons. The average molecular weight is 239 g/mol. The van der Waals surface area contributed by atoms with Crippen LogP contribution in [0.3, 0.4) is 0 Å². The lowest BCUT2D eigenvalue weighted by molar-refractivity contribution is 0.0668. The first-order valence-electron chi connectivity index (χ1n) is 5.54. The first-order valence-corrected chi connectivity index (χ1v) is 5.54. The maximum Gasteiger partial charge on any atom is 0.300 e. The highest BCUT2D eigenvalue weighted by molar-refractivity contribution is 5.90. The number of furan rings is 1. The zero-order valence-corrected chi connectivity index (χ0v) is 9.77. The van der Waals surface area contributed by atoms with Crippen LogP contribution in [0.5, 0.6) is 0 Å². The zero-order chi connectivity index (χ0) is 12.5. The van der Waals surface area contributed by atoms with Gasteiger partial charge in [-0.05, 0) is 25.5 Å². The highest BCUT2D eigenvalue weighted by Crippen LogP contribution is 2.22. The summed E-state index contributed by atoms with van der Waals surface area (Å²) >= 11 is 0. The van der Waals surface area contributed by atoms with Crippen molar-refractivity contribution >= 4 is 5.91 Å². The third kappa shape index (κ3) is 2.85. The summed E-state index contributed by atoms with van der Waals surface area (Å²) in [4.78, 5) is 13.3. The van der Waals surface area contributed by atoms with Gasteiger partial charge in [-0.1, -0.05) is 0 Å². The van der Waals surface area contributed by atoms with E-state index in [4.69, 9.17) is 10.3 Å². The molecule has 0 aliphatic carbocycles. The highest BCUT2D eigenvalue weighted by Gasteiger charge is 2.31. The number of nitrogens with zero attached hydrogens (tertiary/aromatic N) is 1. The lowest BCUT2D eigenvalue weighted by Gasteiger charge is -2.17. The van der Waals surface area contributed by atoms with Crippen LogP contribution < -0.4 is 11.3 Å². The molecule has 1 aromatic rings. The van der Waals surface area contributed by atoms with Gasteiger partial charge in [0.2, 0.25) is 0 Å². The van der Waals surface area contributed by atoms with Gasteiger partial charge in [0.05, 0.1) is 12.1 Å². The van der Waals surface area contributed by atoms with Gasteiger partial charge in [0.1, 0.15) is 5.76 Å². The molecule has 2 rings (SSSR count). The molecule has 4 N–H and O–H groups in total. The SMILES string of the molecule is CC1(O)CCN(Cc2ccc(C(=O)NN)o2)C1. The van der Waals surface area contributed by atoms with Crippen molar-refractivity contribution in [1.29, 1.82) is 0 Å². The minimum atomic E-state index is -0.621. The Labute approximate surface area is 99.3 Å². The summed E-state index contributed by atoms with van der Waals surface area (Å²) in [5.74, 6) is 5.47. The Morgan fingerprint density at radius 2 is 2.47 bits per heavy atom. The first kappa shape index (κ1) is 12.1. The van der Waals surface area contributed by atoms with Gasteiger partial charge in [-0.2, -0.15) is 0 Å². The Morgan fingerprint density at radius 1 is 1.71 bits per heavy atom. The van der Waals surface area contributed by atoms with Gasteiger partial charge in [-0.15, -0.1) is 0 Å². The normalized spacial score (nSPS) is 25.1. The summed E-state index contributed by atoms with van der Waals surface area (Å²) in [6.45, 7) is 3.86. The summed E-state index contributed by atoms with van der Waals surface area (Å²) in [5, 5.41) is 9.82. The molecule has 0 spiro atoms. The summed E-state index contributed by atoms with van der Waals surface area (Å²) in [6.07, 6.45) is 0.754. The van der Waals surface area contributed by atoms with E-state index in [0.29, 0.717) is 18.8 Å². The van der Waals surface area contributed by atoms with Crippen LogP contribution in [-0.2, 0) is 6.54 Å². The molecule has 0 bridgehead atoms. The molecule has 0 radical (unpaired) electrons. The van der Waals surface area contributed by atoms with Gasteiger partial charge < -0.3 is 9.52 Å². The van der Waals surface area contributed by atoms with E-state index < -0.39 is 11.5 Å². The number of carbonyl (C=O) groups is 1. The van der Waals surface area contributed by atoms with Crippen molar-refractivity contribution in [2.24, 2.45) is 5.84 Å². The van der Waals surface area contributed by atoms with Gasteiger partial charge >= 0.3 is 5.91 Å². The Morgan fingerprint density at radius 3 is 3.06 bits per heavy atom. The molecule has 1 aromatic heterocycles. The third-order valence-electron chi connectivity index (χ3n) is 2.93. The molecule has 1 aliphatic rings. The fourth-order valence-corrected chi connectivity index (χ4v) is 2.05. The number of hydrazine groups is 1. The van der Waals surface area contributed by atoms with Crippen LogP contribution in [0, 0.1) is 0 Å². The topological polar surface area (TPSA) is 91.7 Å². The monoisotopic (exact) mass is 239 g/mol. The summed E-state index contributed by atoms with van der Waals surface area (Å²) in [6, 6.07) is 3.34. The molecule has 2 heterocycles. The molecular formula is C11H17N3O3. The van der Waals surface area contributed by atoms with Crippen molar-refractivity contribution in [2.45, 2.75) is 25.5 Å². The molecule has 1 aliphatic heterocycles. The first-order chi connectivity index (χ1) is 8.00. The van der Waals surface area contributed by atoms with E-state index in [0.717, 1.165) is 13.0 Å². The number of likely N-dealkylation sites (tertiary alicyclic amines) is 1. The van der Waals surface area contributed by atoms with Crippen LogP contribution >= 0.6 is 0 Å². The van der Waals surface area contributed by atoms with Gasteiger partial charge in [0, 0.05) is 13.1 Å². The van der Waals surface area contributed by atoms with Crippen molar-refractivity contribution < 1.29 is 14.3 Å². The number of amides is 1. The molecular weight excluding hydrogens is 222 g/mol. The van der Waals surface area contributed by atoms with Crippen molar-refractivity contribution in [2.75, 3.05) is 13.1 Å². The van der Waals surface area contributed by atoms with Crippen LogP contribution in [-0.4, -0.2) is 34.6 Å². The molecule has 0 saturated carbocycles. The van der Waals surface area contributed by atoms with Crippen molar-refractivity contribution in [3.63, 3.8) is 0 Å². The van der Waals surface area contributed by atoms with E-state index in [1.165, 1.54) is 0 Å². The molecule has 6 nitrogen and oxygen atoms in total. The number of hydrogen-bond donors (Lipinski definition) is 3. The maximum absolute atomic E-state index is 11.2. The number of β-amino-alcohol motifs (C(OH)–C–C–N with tert-alkyl or cyclic N) is 1. The van der Waals surface area contributed by atoms with Crippen molar-refractivity contribution in [3.8, 4) is 0 Å². The number of nitrogen functional groups attached to an aromatic ring is 1. The van der Waals surface area contributed by atoms with Crippen molar-refractivity contribution in [1.82, 2.24) is 10.3 Å². The molecule has 1 saturated heterocycles. The fourth-order valence-electron chi connectivity index (χ4n) is 2.05. The van der Waals surface area contributed by atoms with Crippen LogP contribution in [0.4, 0.5) is 0 Å². The Kier molecular flexibility index (Phi) is 3.19. The molecule has 1 atom stereocenters. The minimum absolute atomic E-state index is 0.202. The van der Waals surface area contributed by atoms with Gasteiger partial charge in [-0.3, -0.25) is 15.1 Å². The zero-order valence-electron chi connectivity index (χ0n) is 9.77. The number of aliphatic hydroxyl groups is 1. The second-order valence-corrected chi connectivity index (χ2v) is 4.70. The van der Waals surface area contributed by atoms with Crippen LogP contribution in [0.15, 0.2) is 16.5 Å². The van der Waals surface area contributed by atoms with E-state index in [1.54, 1.807) is 12.1 Å². The quantitative estimate of drug-likeness (QED) is 0.387. The highest BCUT2D eigenvalue weighted by atomic mass is 16.4. The lowest BCUT2D eigenvalue weighted by atomic mass is 10.1. The number of nitrogens with two attached hydrogens (primary N) is 1.